The predicted molar refractivity (Wildman–Crippen MR) is 62.1 cm³/mol. The van der Waals surface area contributed by atoms with Crippen molar-refractivity contribution in [2.45, 2.75) is 13.0 Å². The standard InChI is InChI=1S/C10H15ClN2S/c11-9-2-7-14-10(9)8-13-5-1-3-12-4-6-13/h2,7,12H,1,3-6,8H2. The molecule has 2 heterocycles. The zero-order valence-corrected chi connectivity index (χ0v) is 9.70. The van der Waals surface area contributed by atoms with Crippen molar-refractivity contribution in [3.8, 4) is 0 Å². The van der Waals surface area contributed by atoms with E-state index < -0.39 is 0 Å². The minimum atomic E-state index is 0.923. The van der Waals surface area contributed by atoms with Crippen LogP contribution in [0.5, 0.6) is 0 Å². The summed E-state index contributed by atoms with van der Waals surface area (Å²) in [5.41, 5.74) is 0. The summed E-state index contributed by atoms with van der Waals surface area (Å²) >= 11 is 7.82. The van der Waals surface area contributed by atoms with E-state index in [2.05, 4.69) is 15.6 Å². The van der Waals surface area contributed by atoms with Crippen LogP contribution in [0.1, 0.15) is 11.3 Å². The lowest BCUT2D eigenvalue weighted by Crippen LogP contribution is -2.27. The van der Waals surface area contributed by atoms with Crippen LogP contribution in [0.4, 0.5) is 0 Å². The fraction of sp³-hybridized carbons (Fsp3) is 0.600. The first-order valence-electron chi connectivity index (χ1n) is 5.01. The molecule has 0 spiro atoms. The number of hydrogen-bond donors (Lipinski definition) is 1. The Hall–Kier alpha value is -0.0900. The zero-order valence-electron chi connectivity index (χ0n) is 8.13. The molecule has 2 rings (SSSR count). The molecule has 0 atom stereocenters. The molecule has 0 aliphatic carbocycles. The predicted octanol–water partition coefficient (Wildman–Crippen LogP) is 2.20. The van der Waals surface area contributed by atoms with Gasteiger partial charge in [-0.1, -0.05) is 11.6 Å². The first-order valence-corrected chi connectivity index (χ1v) is 6.27. The van der Waals surface area contributed by atoms with E-state index in [0.29, 0.717) is 0 Å². The van der Waals surface area contributed by atoms with E-state index in [1.165, 1.54) is 17.8 Å². The third-order valence-corrected chi connectivity index (χ3v) is 3.86. The Morgan fingerprint density at radius 2 is 2.36 bits per heavy atom. The van der Waals surface area contributed by atoms with Gasteiger partial charge in [-0.15, -0.1) is 11.3 Å². The molecule has 4 heteroatoms. The number of hydrogen-bond acceptors (Lipinski definition) is 3. The molecule has 1 fully saturated rings. The minimum Gasteiger partial charge on any atom is -0.315 e. The van der Waals surface area contributed by atoms with Crippen LogP contribution in [0, 0.1) is 0 Å². The normalized spacial score (nSPS) is 19.5. The SMILES string of the molecule is Clc1ccsc1CN1CCCNCC1. The molecular weight excluding hydrogens is 216 g/mol. The van der Waals surface area contributed by atoms with Crippen LogP contribution in [0.15, 0.2) is 11.4 Å². The van der Waals surface area contributed by atoms with Gasteiger partial charge in [-0.05, 0) is 31.0 Å². The third kappa shape index (κ3) is 2.70. The van der Waals surface area contributed by atoms with E-state index in [-0.39, 0.29) is 0 Å². The maximum atomic E-state index is 6.07. The van der Waals surface area contributed by atoms with Gasteiger partial charge < -0.3 is 5.32 Å². The second-order valence-corrected chi connectivity index (χ2v) is 4.98. The van der Waals surface area contributed by atoms with Crippen molar-refractivity contribution in [2.75, 3.05) is 26.2 Å². The Morgan fingerprint density at radius 3 is 3.14 bits per heavy atom. The monoisotopic (exact) mass is 230 g/mol. The molecule has 0 saturated carbocycles. The third-order valence-electron chi connectivity index (χ3n) is 2.49. The lowest BCUT2D eigenvalue weighted by atomic mass is 10.3. The molecule has 1 saturated heterocycles. The summed E-state index contributed by atoms with van der Waals surface area (Å²) < 4.78 is 0. The molecule has 0 radical (unpaired) electrons. The molecule has 0 unspecified atom stereocenters. The topological polar surface area (TPSA) is 15.3 Å². The van der Waals surface area contributed by atoms with Crippen LogP contribution >= 0.6 is 22.9 Å². The molecule has 2 nitrogen and oxygen atoms in total. The van der Waals surface area contributed by atoms with Crippen molar-refractivity contribution in [3.63, 3.8) is 0 Å². The van der Waals surface area contributed by atoms with E-state index in [9.17, 15) is 0 Å². The summed E-state index contributed by atoms with van der Waals surface area (Å²) in [4.78, 5) is 3.77. The lowest BCUT2D eigenvalue weighted by Gasteiger charge is -2.18. The highest BCUT2D eigenvalue weighted by Gasteiger charge is 2.11. The molecule has 1 aromatic heterocycles. The largest absolute Gasteiger partial charge is 0.315 e. The summed E-state index contributed by atoms with van der Waals surface area (Å²) in [5, 5.41) is 6.39. The first kappa shape index (κ1) is 10.4. The Kier molecular flexibility index (Phi) is 3.81. The molecule has 78 valence electrons. The summed E-state index contributed by atoms with van der Waals surface area (Å²) in [7, 11) is 0. The minimum absolute atomic E-state index is 0.923. The van der Waals surface area contributed by atoms with Crippen molar-refractivity contribution in [2.24, 2.45) is 0 Å². The van der Waals surface area contributed by atoms with Crippen LogP contribution < -0.4 is 5.32 Å². The van der Waals surface area contributed by atoms with Gasteiger partial charge in [-0.25, -0.2) is 0 Å². The number of nitrogens with zero attached hydrogens (tertiary/aromatic N) is 1. The van der Waals surface area contributed by atoms with Crippen molar-refractivity contribution < 1.29 is 0 Å². The highest BCUT2D eigenvalue weighted by molar-refractivity contribution is 7.10. The molecule has 1 aliphatic heterocycles. The van der Waals surface area contributed by atoms with Crippen molar-refractivity contribution in [1.82, 2.24) is 10.2 Å². The van der Waals surface area contributed by atoms with Gasteiger partial charge in [0.25, 0.3) is 0 Å². The number of rotatable bonds is 2. The van der Waals surface area contributed by atoms with Crippen LogP contribution in [0.3, 0.4) is 0 Å². The van der Waals surface area contributed by atoms with Gasteiger partial charge in [0.2, 0.25) is 0 Å². The van der Waals surface area contributed by atoms with E-state index in [0.717, 1.165) is 31.2 Å². The van der Waals surface area contributed by atoms with E-state index in [1.807, 2.05) is 6.07 Å². The average molecular weight is 231 g/mol. The van der Waals surface area contributed by atoms with Crippen molar-refractivity contribution >= 4 is 22.9 Å². The molecule has 0 bridgehead atoms. The van der Waals surface area contributed by atoms with Crippen LogP contribution in [-0.4, -0.2) is 31.1 Å². The molecule has 1 N–H and O–H groups in total. The van der Waals surface area contributed by atoms with Crippen LogP contribution in [0.25, 0.3) is 0 Å². The highest BCUT2D eigenvalue weighted by atomic mass is 35.5. The van der Waals surface area contributed by atoms with E-state index >= 15 is 0 Å². The van der Waals surface area contributed by atoms with Gasteiger partial charge >= 0.3 is 0 Å². The summed E-state index contributed by atoms with van der Waals surface area (Å²) in [6, 6.07) is 1.98. The van der Waals surface area contributed by atoms with Gasteiger partial charge in [0.1, 0.15) is 0 Å². The Bertz CT molecular complexity index is 279. The number of thiophene rings is 1. The molecular formula is C10H15ClN2S. The Balaban J connectivity index is 1.92. The highest BCUT2D eigenvalue weighted by Crippen LogP contribution is 2.23. The maximum Gasteiger partial charge on any atom is 0.0558 e. The molecule has 0 aromatic carbocycles. The Labute approximate surface area is 93.9 Å². The lowest BCUT2D eigenvalue weighted by molar-refractivity contribution is 0.287. The van der Waals surface area contributed by atoms with E-state index in [4.69, 9.17) is 11.6 Å². The summed E-state index contributed by atoms with van der Waals surface area (Å²) in [6.45, 7) is 5.57. The average Bonchev–Trinajstić information content (AvgIpc) is 2.44. The van der Waals surface area contributed by atoms with Gasteiger partial charge in [-0.3, -0.25) is 4.90 Å². The van der Waals surface area contributed by atoms with Crippen LogP contribution in [0.2, 0.25) is 5.02 Å². The Morgan fingerprint density at radius 1 is 1.43 bits per heavy atom. The van der Waals surface area contributed by atoms with Gasteiger partial charge in [-0.2, -0.15) is 0 Å². The van der Waals surface area contributed by atoms with E-state index in [1.54, 1.807) is 11.3 Å². The molecule has 14 heavy (non-hydrogen) atoms. The van der Waals surface area contributed by atoms with Gasteiger partial charge in [0.05, 0.1) is 5.02 Å². The second kappa shape index (κ2) is 5.12. The van der Waals surface area contributed by atoms with Gasteiger partial charge in [0.15, 0.2) is 0 Å². The molecule has 1 aliphatic rings. The molecule has 0 amide bonds. The summed E-state index contributed by atoms with van der Waals surface area (Å²) in [6.07, 6.45) is 1.24. The van der Waals surface area contributed by atoms with Crippen molar-refractivity contribution in [1.29, 1.82) is 0 Å². The maximum absolute atomic E-state index is 6.07. The fourth-order valence-corrected chi connectivity index (χ4v) is 2.84. The number of halogens is 1. The smallest absolute Gasteiger partial charge is 0.0558 e. The van der Waals surface area contributed by atoms with Gasteiger partial charge in [0, 0.05) is 24.5 Å². The fourth-order valence-electron chi connectivity index (χ4n) is 1.70. The molecule has 1 aromatic rings. The van der Waals surface area contributed by atoms with Crippen molar-refractivity contribution in [3.05, 3.63) is 21.3 Å². The zero-order chi connectivity index (χ0) is 9.80. The second-order valence-electron chi connectivity index (χ2n) is 3.57. The quantitative estimate of drug-likeness (QED) is 0.838. The first-order chi connectivity index (χ1) is 6.86. The van der Waals surface area contributed by atoms with Crippen LogP contribution in [-0.2, 0) is 6.54 Å². The summed E-state index contributed by atoms with van der Waals surface area (Å²) in [5.74, 6) is 0. The number of nitrogens with one attached hydrogen (secondary N) is 1.